The molecule has 0 saturated heterocycles. The zero-order valence-corrected chi connectivity index (χ0v) is 16.2. The van der Waals surface area contributed by atoms with E-state index < -0.39 is 0 Å². The van der Waals surface area contributed by atoms with Gasteiger partial charge < -0.3 is 13.6 Å². The zero-order chi connectivity index (χ0) is 19.1. The summed E-state index contributed by atoms with van der Waals surface area (Å²) < 4.78 is 17.3. The van der Waals surface area contributed by atoms with Crippen molar-refractivity contribution in [3.05, 3.63) is 77.0 Å². The van der Waals surface area contributed by atoms with Gasteiger partial charge in [-0.25, -0.2) is 0 Å². The van der Waals surface area contributed by atoms with Crippen molar-refractivity contribution in [1.29, 1.82) is 0 Å². The fraction of sp³-hybridized carbons (Fsp3) is 0.250. The molecule has 142 valence electrons. The molecule has 0 fully saturated rings. The molecule has 2 aromatic heterocycles. The molecule has 0 unspecified atom stereocenters. The summed E-state index contributed by atoms with van der Waals surface area (Å²) in [6, 6.07) is 17.0. The van der Waals surface area contributed by atoms with Gasteiger partial charge in [-0.05, 0) is 59.9 Å². The maximum atomic E-state index is 6.07. The number of furan rings is 2. The zero-order valence-electron chi connectivity index (χ0n) is 16.2. The number of nitrogens with zero attached hydrogens (tertiary/aromatic N) is 1. The molecule has 2 aromatic carbocycles. The third kappa shape index (κ3) is 3.00. The lowest BCUT2D eigenvalue weighted by molar-refractivity contribution is 0.245. The number of aryl methyl sites for hydroxylation is 1. The predicted molar refractivity (Wildman–Crippen MR) is 109 cm³/mol. The number of methoxy groups -OCH3 is 1. The van der Waals surface area contributed by atoms with E-state index in [1.807, 2.05) is 19.1 Å². The van der Waals surface area contributed by atoms with Gasteiger partial charge in [0.05, 0.1) is 13.4 Å². The summed E-state index contributed by atoms with van der Waals surface area (Å²) >= 11 is 0. The molecule has 5 rings (SSSR count). The Kier molecular flexibility index (Phi) is 4.21. The topological polar surface area (TPSA) is 38.8 Å². The number of hydrogen-bond acceptors (Lipinski definition) is 4. The van der Waals surface area contributed by atoms with E-state index in [0.29, 0.717) is 0 Å². The smallest absolute Gasteiger partial charge is 0.176 e. The van der Waals surface area contributed by atoms with Gasteiger partial charge in [-0.2, -0.15) is 0 Å². The monoisotopic (exact) mass is 373 g/mol. The van der Waals surface area contributed by atoms with Crippen molar-refractivity contribution >= 4 is 11.0 Å². The number of rotatable bonds is 4. The molecule has 1 aliphatic heterocycles. The van der Waals surface area contributed by atoms with E-state index in [0.717, 1.165) is 59.9 Å². The lowest BCUT2D eigenvalue weighted by Crippen LogP contribution is -2.29. The van der Waals surface area contributed by atoms with Crippen LogP contribution in [0, 0.1) is 6.92 Å². The molecular formula is C24H23NO3. The normalized spacial score (nSPS) is 14.4. The van der Waals surface area contributed by atoms with E-state index >= 15 is 0 Å². The van der Waals surface area contributed by atoms with Crippen LogP contribution in [0.5, 0.6) is 5.75 Å². The Morgan fingerprint density at radius 2 is 1.93 bits per heavy atom. The summed E-state index contributed by atoms with van der Waals surface area (Å²) in [6.45, 7) is 4.96. The van der Waals surface area contributed by atoms with Crippen LogP contribution >= 0.6 is 0 Å². The van der Waals surface area contributed by atoms with Crippen LogP contribution in [0.4, 0.5) is 0 Å². The molecule has 4 nitrogen and oxygen atoms in total. The molecule has 0 amide bonds. The SMILES string of the molecule is COc1cc(CN2CCc3ccccc3C2)cc2cc(-c3occc3C)oc12. The minimum atomic E-state index is 0.736. The second kappa shape index (κ2) is 6.88. The molecule has 1 aliphatic rings. The first-order chi connectivity index (χ1) is 13.7. The molecule has 0 spiro atoms. The van der Waals surface area contributed by atoms with Gasteiger partial charge >= 0.3 is 0 Å². The van der Waals surface area contributed by atoms with Crippen LogP contribution in [0.25, 0.3) is 22.5 Å². The highest BCUT2D eigenvalue weighted by atomic mass is 16.5. The average molecular weight is 373 g/mol. The van der Waals surface area contributed by atoms with Gasteiger partial charge in [0.25, 0.3) is 0 Å². The first-order valence-corrected chi connectivity index (χ1v) is 9.65. The van der Waals surface area contributed by atoms with Gasteiger partial charge in [-0.3, -0.25) is 4.90 Å². The minimum Gasteiger partial charge on any atom is -0.493 e. The molecular weight excluding hydrogens is 350 g/mol. The van der Waals surface area contributed by atoms with Crippen LogP contribution in [0.1, 0.15) is 22.3 Å². The molecule has 0 bridgehead atoms. The van der Waals surface area contributed by atoms with E-state index in [4.69, 9.17) is 13.6 Å². The van der Waals surface area contributed by atoms with E-state index in [1.165, 1.54) is 16.7 Å². The van der Waals surface area contributed by atoms with Crippen molar-refractivity contribution in [2.75, 3.05) is 13.7 Å². The third-order valence-corrected chi connectivity index (χ3v) is 5.56. The quantitative estimate of drug-likeness (QED) is 0.469. The van der Waals surface area contributed by atoms with E-state index in [1.54, 1.807) is 13.4 Å². The number of benzene rings is 2. The Balaban J connectivity index is 1.46. The van der Waals surface area contributed by atoms with Crippen LogP contribution in [-0.2, 0) is 19.5 Å². The van der Waals surface area contributed by atoms with Crippen molar-refractivity contribution < 1.29 is 13.6 Å². The lowest BCUT2D eigenvalue weighted by atomic mass is 9.99. The van der Waals surface area contributed by atoms with E-state index in [-0.39, 0.29) is 0 Å². The standard InChI is InChI=1S/C24H23NO3/c1-16-8-10-27-23(16)22-13-20-11-17(12-21(26-2)24(20)28-22)14-25-9-7-18-5-3-4-6-19(18)15-25/h3-6,8,10-13H,7,9,14-15H2,1-2H3. The Morgan fingerprint density at radius 3 is 2.71 bits per heavy atom. The van der Waals surface area contributed by atoms with Crippen molar-refractivity contribution in [3.63, 3.8) is 0 Å². The summed E-state index contributed by atoms with van der Waals surface area (Å²) in [5, 5.41) is 1.04. The highest BCUT2D eigenvalue weighted by Crippen LogP contribution is 2.36. The second-order valence-corrected chi connectivity index (χ2v) is 7.49. The van der Waals surface area contributed by atoms with E-state index in [9.17, 15) is 0 Å². The van der Waals surface area contributed by atoms with Crippen LogP contribution in [0.15, 0.2) is 63.6 Å². The van der Waals surface area contributed by atoms with Gasteiger partial charge in [-0.15, -0.1) is 0 Å². The van der Waals surface area contributed by atoms with Crippen LogP contribution in [0.3, 0.4) is 0 Å². The number of fused-ring (bicyclic) bond motifs is 2. The third-order valence-electron chi connectivity index (χ3n) is 5.56. The maximum Gasteiger partial charge on any atom is 0.176 e. The van der Waals surface area contributed by atoms with Gasteiger partial charge in [0.15, 0.2) is 22.9 Å². The Hall–Kier alpha value is -2.98. The number of ether oxygens (including phenoxy) is 1. The first kappa shape index (κ1) is 17.1. The fourth-order valence-electron chi connectivity index (χ4n) is 4.11. The van der Waals surface area contributed by atoms with Crippen molar-refractivity contribution in [3.8, 4) is 17.3 Å². The predicted octanol–water partition coefficient (Wildman–Crippen LogP) is 5.57. The summed E-state index contributed by atoms with van der Waals surface area (Å²) in [5.41, 5.74) is 5.96. The first-order valence-electron chi connectivity index (χ1n) is 9.65. The summed E-state index contributed by atoms with van der Waals surface area (Å²) in [6.07, 6.45) is 2.79. The highest BCUT2D eigenvalue weighted by Gasteiger charge is 2.19. The largest absolute Gasteiger partial charge is 0.493 e. The lowest BCUT2D eigenvalue weighted by Gasteiger charge is -2.28. The molecule has 0 radical (unpaired) electrons. The summed E-state index contributed by atoms with van der Waals surface area (Å²) in [5.74, 6) is 2.27. The van der Waals surface area contributed by atoms with Crippen LogP contribution in [-0.4, -0.2) is 18.6 Å². The van der Waals surface area contributed by atoms with E-state index in [2.05, 4.69) is 41.3 Å². The molecule has 4 heteroatoms. The Labute approximate surface area is 164 Å². The molecule has 0 N–H and O–H groups in total. The van der Waals surface area contributed by atoms with Crippen LogP contribution < -0.4 is 4.74 Å². The Morgan fingerprint density at radius 1 is 1.07 bits per heavy atom. The second-order valence-electron chi connectivity index (χ2n) is 7.49. The maximum absolute atomic E-state index is 6.07. The molecule has 0 aliphatic carbocycles. The summed E-state index contributed by atoms with van der Waals surface area (Å²) in [4.78, 5) is 2.49. The van der Waals surface area contributed by atoms with Gasteiger partial charge in [0, 0.05) is 25.0 Å². The molecule has 3 heterocycles. The van der Waals surface area contributed by atoms with Gasteiger partial charge in [-0.1, -0.05) is 24.3 Å². The highest BCUT2D eigenvalue weighted by molar-refractivity contribution is 5.88. The summed E-state index contributed by atoms with van der Waals surface area (Å²) in [7, 11) is 1.69. The Bertz CT molecular complexity index is 1140. The average Bonchev–Trinajstić information content (AvgIpc) is 3.33. The molecule has 28 heavy (non-hydrogen) atoms. The fourth-order valence-corrected chi connectivity index (χ4v) is 4.11. The molecule has 4 aromatic rings. The molecule has 0 saturated carbocycles. The van der Waals surface area contributed by atoms with Crippen molar-refractivity contribution in [2.24, 2.45) is 0 Å². The minimum absolute atomic E-state index is 0.736. The van der Waals surface area contributed by atoms with Gasteiger partial charge in [0.2, 0.25) is 0 Å². The van der Waals surface area contributed by atoms with Crippen LogP contribution in [0.2, 0.25) is 0 Å². The molecule has 0 atom stereocenters. The number of hydrogen-bond donors (Lipinski definition) is 0. The van der Waals surface area contributed by atoms with Crippen molar-refractivity contribution in [2.45, 2.75) is 26.4 Å². The van der Waals surface area contributed by atoms with Gasteiger partial charge in [0.1, 0.15) is 0 Å². The van der Waals surface area contributed by atoms with Crippen molar-refractivity contribution in [1.82, 2.24) is 4.90 Å².